The molecule has 0 spiro atoms. The van der Waals surface area contributed by atoms with Crippen LogP contribution in [0.1, 0.15) is 18.4 Å². The zero-order chi connectivity index (χ0) is 14.7. The summed E-state index contributed by atoms with van der Waals surface area (Å²) in [7, 11) is 0. The lowest BCUT2D eigenvalue weighted by Crippen LogP contribution is -2.17. The number of hydrogen-bond donors (Lipinski definition) is 1. The summed E-state index contributed by atoms with van der Waals surface area (Å²) in [6, 6.07) is 13.6. The molecular weight excluding hydrogens is 331 g/mol. The predicted octanol–water partition coefficient (Wildman–Crippen LogP) is 4.80. The molecule has 2 aromatic rings. The third kappa shape index (κ3) is 3.56. The normalized spacial score (nSPS) is 14.5. The van der Waals surface area contributed by atoms with E-state index in [1.807, 2.05) is 0 Å². The van der Waals surface area contributed by atoms with Gasteiger partial charge in [-0.15, -0.1) is 0 Å². The van der Waals surface area contributed by atoms with Gasteiger partial charge in [0.2, 0.25) is 0 Å². The van der Waals surface area contributed by atoms with Crippen molar-refractivity contribution in [1.29, 1.82) is 0 Å². The number of benzene rings is 2. The molecule has 0 atom stereocenters. The molecule has 4 heteroatoms. The maximum Gasteiger partial charge on any atom is 0.137 e. The van der Waals surface area contributed by atoms with Gasteiger partial charge in [-0.05, 0) is 70.7 Å². The Morgan fingerprint density at radius 1 is 1.05 bits per heavy atom. The topological polar surface area (TPSA) is 15.3 Å². The SMILES string of the molecule is Fc1ccc(CNc2ccc(N3CCCC3)cc2)cc1Br. The van der Waals surface area contributed by atoms with E-state index in [0.29, 0.717) is 11.0 Å². The van der Waals surface area contributed by atoms with Crippen molar-refractivity contribution in [1.82, 2.24) is 0 Å². The summed E-state index contributed by atoms with van der Waals surface area (Å²) in [5.74, 6) is -0.228. The van der Waals surface area contributed by atoms with Crippen LogP contribution in [0.2, 0.25) is 0 Å². The minimum Gasteiger partial charge on any atom is -0.381 e. The van der Waals surface area contributed by atoms with Crippen molar-refractivity contribution in [2.75, 3.05) is 23.3 Å². The van der Waals surface area contributed by atoms with Crippen LogP contribution in [0, 0.1) is 5.82 Å². The summed E-state index contributed by atoms with van der Waals surface area (Å²) in [4.78, 5) is 2.42. The molecule has 110 valence electrons. The fourth-order valence-electron chi connectivity index (χ4n) is 2.62. The number of nitrogens with one attached hydrogen (secondary N) is 1. The molecule has 0 aliphatic carbocycles. The Bertz CT molecular complexity index is 607. The first-order valence-corrected chi connectivity index (χ1v) is 8.04. The van der Waals surface area contributed by atoms with Crippen LogP contribution in [0.25, 0.3) is 0 Å². The molecule has 0 radical (unpaired) electrons. The van der Waals surface area contributed by atoms with Gasteiger partial charge in [0.1, 0.15) is 5.82 Å². The van der Waals surface area contributed by atoms with E-state index in [-0.39, 0.29) is 5.82 Å². The summed E-state index contributed by atoms with van der Waals surface area (Å²) in [5.41, 5.74) is 3.42. The molecule has 1 aliphatic rings. The molecule has 2 nitrogen and oxygen atoms in total. The molecular formula is C17H18BrFN2. The van der Waals surface area contributed by atoms with E-state index in [0.717, 1.165) is 24.3 Å². The first kappa shape index (κ1) is 14.4. The van der Waals surface area contributed by atoms with Gasteiger partial charge in [-0.1, -0.05) is 6.07 Å². The van der Waals surface area contributed by atoms with Gasteiger partial charge in [0.25, 0.3) is 0 Å². The monoisotopic (exact) mass is 348 g/mol. The van der Waals surface area contributed by atoms with E-state index < -0.39 is 0 Å². The average molecular weight is 349 g/mol. The van der Waals surface area contributed by atoms with Crippen molar-refractivity contribution in [2.24, 2.45) is 0 Å². The second-order valence-corrected chi connectivity index (χ2v) is 6.20. The molecule has 1 fully saturated rings. The quantitative estimate of drug-likeness (QED) is 0.853. The zero-order valence-corrected chi connectivity index (χ0v) is 13.4. The van der Waals surface area contributed by atoms with E-state index >= 15 is 0 Å². The van der Waals surface area contributed by atoms with Gasteiger partial charge in [-0.3, -0.25) is 0 Å². The molecule has 0 aromatic heterocycles. The second kappa shape index (κ2) is 6.48. The maximum atomic E-state index is 13.2. The fraction of sp³-hybridized carbons (Fsp3) is 0.294. The first-order chi connectivity index (χ1) is 10.2. The highest BCUT2D eigenvalue weighted by Gasteiger charge is 2.11. The van der Waals surface area contributed by atoms with Crippen LogP contribution in [0.5, 0.6) is 0 Å². The number of nitrogens with zero attached hydrogens (tertiary/aromatic N) is 1. The Balaban J connectivity index is 1.61. The zero-order valence-electron chi connectivity index (χ0n) is 11.8. The Kier molecular flexibility index (Phi) is 4.44. The van der Waals surface area contributed by atoms with Gasteiger partial charge in [-0.2, -0.15) is 0 Å². The smallest absolute Gasteiger partial charge is 0.137 e. The minimum absolute atomic E-state index is 0.228. The lowest BCUT2D eigenvalue weighted by molar-refractivity contribution is 0.620. The van der Waals surface area contributed by atoms with E-state index in [2.05, 4.69) is 50.4 Å². The number of halogens is 2. The molecule has 0 saturated carbocycles. The Hall–Kier alpha value is -1.55. The molecule has 21 heavy (non-hydrogen) atoms. The largest absolute Gasteiger partial charge is 0.381 e. The highest BCUT2D eigenvalue weighted by molar-refractivity contribution is 9.10. The van der Waals surface area contributed by atoms with Crippen molar-refractivity contribution in [3.05, 3.63) is 58.3 Å². The van der Waals surface area contributed by atoms with Gasteiger partial charge in [0.15, 0.2) is 0 Å². The average Bonchev–Trinajstić information content (AvgIpc) is 3.03. The summed E-state index contributed by atoms with van der Waals surface area (Å²) >= 11 is 3.21. The molecule has 2 aromatic carbocycles. The first-order valence-electron chi connectivity index (χ1n) is 7.25. The van der Waals surface area contributed by atoms with Crippen LogP contribution < -0.4 is 10.2 Å². The third-order valence-corrected chi connectivity index (χ3v) is 4.43. The van der Waals surface area contributed by atoms with Crippen LogP contribution in [0.3, 0.4) is 0 Å². The van der Waals surface area contributed by atoms with Crippen LogP contribution in [-0.2, 0) is 6.54 Å². The summed E-state index contributed by atoms with van der Waals surface area (Å²) < 4.78 is 13.7. The van der Waals surface area contributed by atoms with Crippen molar-refractivity contribution < 1.29 is 4.39 Å². The number of rotatable bonds is 4. The highest BCUT2D eigenvalue weighted by atomic mass is 79.9. The highest BCUT2D eigenvalue weighted by Crippen LogP contribution is 2.23. The third-order valence-electron chi connectivity index (χ3n) is 3.82. The summed E-state index contributed by atoms with van der Waals surface area (Å²) in [5, 5.41) is 3.36. The molecule has 0 amide bonds. The summed E-state index contributed by atoms with van der Waals surface area (Å²) in [6.07, 6.45) is 2.58. The van der Waals surface area contributed by atoms with E-state index in [9.17, 15) is 4.39 Å². The van der Waals surface area contributed by atoms with Crippen molar-refractivity contribution in [3.63, 3.8) is 0 Å². The standard InChI is InChI=1S/C17H18BrFN2/c18-16-11-13(3-8-17(16)19)12-20-14-4-6-15(7-5-14)21-9-1-2-10-21/h3-8,11,20H,1-2,9-10,12H2. The minimum atomic E-state index is -0.228. The van der Waals surface area contributed by atoms with Gasteiger partial charge in [-0.25, -0.2) is 4.39 Å². The Labute approximate surface area is 133 Å². The van der Waals surface area contributed by atoms with Gasteiger partial charge in [0, 0.05) is 31.0 Å². The fourth-order valence-corrected chi connectivity index (χ4v) is 3.05. The van der Waals surface area contributed by atoms with Gasteiger partial charge in [0.05, 0.1) is 4.47 Å². The predicted molar refractivity (Wildman–Crippen MR) is 89.3 cm³/mol. The maximum absolute atomic E-state index is 13.2. The van der Waals surface area contributed by atoms with Gasteiger partial charge < -0.3 is 10.2 Å². The molecule has 1 N–H and O–H groups in total. The lowest BCUT2D eigenvalue weighted by atomic mass is 10.2. The van der Waals surface area contributed by atoms with Crippen molar-refractivity contribution in [3.8, 4) is 0 Å². The van der Waals surface area contributed by atoms with E-state index in [1.54, 1.807) is 12.1 Å². The lowest BCUT2D eigenvalue weighted by Gasteiger charge is -2.18. The Morgan fingerprint density at radius 2 is 1.76 bits per heavy atom. The molecule has 1 aliphatic heterocycles. The second-order valence-electron chi connectivity index (χ2n) is 5.34. The molecule has 1 saturated heterocycles. The van der Waals surface area contributed by atoms with Crippen molar-refractivity contribution in [2.45, 2.75) is 19.4 Å². The van der Waals surface area contributed by atoms with Crippen LogP contribution in [-0.4, -0.2) is 13.1 Å². The Morgan fingerprint density at radius 3 is 2.43 bits per heavy atom. The molecule has 0 unspecified atom stereocenters. The van der Waals surface area contributed by atoms with Crippen LogP contribution in [0.4, 0.5) is 15.8 Å². The van der Waals surface area contributed by atoms with Gasteiger partial charge >= 0.3 is 0 Å². The molecule has 1 heterocycles. The van der Waals surface area contributed by atoms with Crippen molar-refractivity contribution >= 4 is 27.3 Å². The molecule has 0 bridgehead atoms. The van der Waals surface area contributed by atoms with E-state index in [1.165, 1.54) is 24.6 Å². The van der Waals surface area contributed by atoms with Crippen LogP contribution >= 0.6 is 15.9 Å². The number of anilines is 2. The number of hydrogen-bond acceptors (Lipinski definition) is 2. The van der Waals surface area contributed by atoms with Crippen LogP contribution in [0.15, 0.2) is 46.9 Å². The van der Waals surface area contributed by atoms with E-state index in [4.69, 9.17) is 0 Å². The molecule has 3 rings (SSSR count). The summed E-state index contributed by atoms with van der Waals surface area (Å²) in [6.45, 7) is 3.01.